The van der Waals surface area contributed by atoms with Gasteiger partial charge in [-0.15, -0.1) is 11.8 Å². The molecule has 1 saturated heterocycles. The minimum atomic E-state index is -5.74. The Hall–Kier alpha value is -0.480. The number of imide groups is 1. The molecule has 0 aliphatic carbocycles. The lowest BCUT2D eigenvalue weighted by Crippen LogP contribution is -2.36. The fourth-order valence-corrected chi connectivity index (χ4v) is 6.20. The molecule has 1 fully saturated rings. The molecule has 2 aliphatic rings. The summed E-state index contributed by atoms with van der Waals surface area (Å²) < 4.78 is 50.2. The number of hydrogen-bond donors (Lipinski definition) is 7. The fraction of sp³-hybridized carbons (Fsp3) is 0.600. The Morgan fingerprint density at radius 2 is 1.60 bits per heavy atom. The van der Waals surface area contributed by atoms with Gasteiger partial charge in [-0.2, -0.15) is 8.62 Å². The Balaban J connectivity index is 2.08. The van der Waals surface area contributed by atoms with Crippen molar-refractivity contribution in [2.45, 2.75) is 24.4 Å². The first-order chi connectivity index (χ1) is 13.6. The van der Waals surface area contributed by atoms with Gasteiger partial charge in [0.05, 0.1) is 17.1 Å². The van der Waals surface area contributed by atoms with Crippen molar-refractivity contribution in [3.63, 3.8) is 0 Å². The van der Waals surface area contributed by atoms with Crippen LogP contribution in [0.15, 0.2) is 10.5 Å². The van der Waals surface area contributed by atoms with Crippen LogP contribution < -0.4 is 5.32 Å². The second kappa shape index (κ2) is 9.17. The molecule has 0 spiro atoms. The van der Waals surface area contributed by atoms with Crippen LogP contribution in [0.25, 0.3) is 0 Å². The molecule has 0 saturated carbocycles. The van der Waals surface area contributed by atoms with Crippen LogP contribution in [-0.2, 0) is 41.2 Å². The Morgan fingerprint density at radius 3 is 2.13 bits per heavy atom. The van der Waals surface area contributed by atoms with E-state index in [0.29, 0.717) is 0 Å². The summed E-state index contributed by atoms with van der Waals surface area (Å²) in [5, 5.41) is 22.1. The van der Waals surface area contributed by atoms with E-state index < -0.39 is 66.3 Å². The van der Waals surface area contributed by atoms with Gasteiger partial charge in [-0.25, -0.2) is 13.7 Å². The van der Waals surface area contributed by atoms with Gasteiger partial charge >= 0.3 is 23.5 Å². The number of phosphoric acid groups is 3. The van der Waals surface area contributed by atoms with Crippen molar-refractivity contribution in [1.82, 2.24) is 5.32 Å². The lowest BCUT2D eigenvalue weighted by atomic mass is 10.0. The Morgan fingerprint density at radius 1 is 1.00 bits per heavy atom. The molecule has 172 valence electrons. The van der Waals surface area contributed by atoms with Crippen LogP contribution >= 0.6 is 35.2 Å². The molecular weight excluding hydrogens is 499 g/mol. The number of rotatable bonds is 9. The zero-order valence-corrected chi connectivity index (χ0v) is 18.1. The van der Waals surface area contributed by atoms with Gasteiger partial charge in [-0.3, -0.25) is 19.4 Å². The number of thioether (sulfide) groups is 1. The van der Waals surface area contributed by atoms with Gasteiger partial charge in [0, 0.05) is 0 Å². The molecule has 2 aliphatic heterocycles. The van der Waals surface area contributed by atoms with Crippen molar-refractivity contribution >= 4 is 47.0 Å². The van der Waals surface area contributed by atoms with Crippen LogP contribution in [0.2, 0.25) is 0 Å². The van der Waals surface area contributed by atoms with Gasteiger partial charge in [0.15, 0.2) is 0 Å². The molecule has 2 unspecified atom stereocenters. The van der Waals surface area contributed by atoms with Crippen LogP contribution in [0.4, 0.5) is 0 Å². The summed E-state index contributed by atoms with van der Waals surface area (Å²) in [6.07, 6.45) is -5.16. The number of amides is 2. The van der Waals surface area contributed by atoms with Gasteiger partial charge in [-0.1, -0.05) is 0 Å². The topological polar surface area (TPSA) is 256 Å². The van der Waals surface area contributed by atoms with Gasteiger partial charge in [0.25, 0.3) is 11.8 Å². The summed E-state index contributed by atoms with van der Waals surface area (Å²) in [7, 11) is -16.8. The van der Waals surface area contributed by atoms with Crippen LogP contribution in [0.1, 0.15) is 0 Å². The largest absolute Gasteiger partial charge is 0.490 e. The molecular formula is C10H16NO15P3S. The van der Waals surface area contributed by atoms with Crippen molar-refractivity contribution in [2.24, 2.45) is 0 Å². The third-order valence-electron chi connectivity index (χ3n) is 3.59. The highest BCUT2D eigenvalue weighted by atomic mass is 32.2. The molecule has 2 amide bonds. The van der Waals surface area contributed by atoms with Crippen LogP contribution in [0.5, 0.6) is 0 Å². The number of aliphatic hydroxyl groups is 2. The first-order valence-electron chi connectivity index (χ1n) is 7.50. The summed E-state index contributed by atoms with van der Waals surface area (Å²) in [6.45, 7) is -1.05. The maximum atomic E-state index is 11.9. The van der Waals surface area contributed by atoms with Crippen LogP contribution in [-0.4, -0.2) is 78.9 Å². The second-order valence-corrected chi connectivity index (χ2v) is 10.9. The number of carbonyl (C=O) groups is 2. The number of aliphatic hydroxyl groups excluding tert-OH is 2. The highest BCUT2D eigenvalue weighted by Crippen LogP contribution is 2.66. The monoisotopic (exact) mass is 515 g/mol. The zero-order chi connectivity index (χ0) is 23.1. The Kier molecular flexibility index (Phi) is 7.88. The maximum absolute atomic E-state index is 11.9. The molecule has 2 rings (SSSR count). The highest BCUT2D eigenvalue weighted by Gasteiger charge is 2.50. The van der Waals surface area contributed by atoms with Gasteiger partial charge in [0.1, 0.15) is 24.4 Å². The van der Waals surface area contributed by atoms with Crippen molar-refractivity contribution in [2.75, 3.05) is 12.9 Å². The standard InChI is InChI=1S/C10H16NO15P3S/c1-30-8-4(9(14)11-10(8)15)7-6(13)5(12)3(24-7)2-23-28(19,20)26-29(21,22)25-27(16,17)18/h3,5-7,12-13H,2H2,1H3,(H,19,20)(H,21,22)(H,11,14,15)(H2,16,17,18)/t3-,5-,6-,7+/m1/s1. The summed E-state index contributed by atoms with van der Waals surface area (Å²) in [5.74, 6) is -1.63. The van der Waals surface area contributed by atoms with Crippen molar-refractivity contribution in [3.05, 3.63) is 10.5 Å². The maximum Gasteiger partial charge on any atom is 0.490 e. The Bertz CT molecular complexity index is 899. The lowest BCUT2D eigenvalue weighted by molar-refractivity contribution is -0.124. The first kappa shape index (κ1) is 25.8. The molecule has 0 bridgehead atoms. The third-order valence-corrected chi connectivity index (χ3v) is 8.21. The number of carbonyl (C=O) groups excluding carboxylic acids is 2. The molecule has 16 nitrogen and oxygen atoms in total. The molecule has 20 heteroatoms. The summed E-state index contributed by atoms with van der Waals surface area (Å²) in [4.78, 5) is 59.0. The SMILES string of the molecule is CSC1=C([C@@H]2O[C@H](COP(=O)(O)OP(=O)(O)OP(=O)(O)O)[C@@H](O)[C@H]2O)C(=O)NC1=O. The molecule has 0 aromatic carbocycles. The van der Waals surface area contributed by atoms with Crippen molar-refractivity contribution in [1.29, 1.82) is 0 Å². The quantitative estimate of drug-likeness (QED) is 0.131. The first-order valence-corrected chi connectivity index (χ1v) is 13.3. The highest BCUT2D eigenvalue weighted by molar-refractivity contribution is 8.03. The molecule has 0 aromatic rings. The van der Waals surface area contributed by atoms with Crippen LogP contribution in [0, 0.1) is 0 Å². The third kappa shape index (κ3) is 6.28. The predicted octanol–water partition coefficient (Wildman–Crippen LogP) is -1.91. The van der Waals surface area contributed by atoms with E-state index in [0.717, 1.165) is 11.8 Å². The van der Waals surface area contributed by atoms with E-state index in [-0.39, 0.29) is 10.5 Å². The fourth-order valence-electron chi connectivity index (χ4n) is 2.51. The van der Waals surface area contributed by atoms with Gasteiger partial charge < -0.3 is 34.5 Å². The molecule has 7 N–H and O–H groups in total. The van der Waals surface area contributed by atoms with E-state index >= 15 is 0 Å². The van der Waals surface area contributed by atoms with E-state index in [2.05, 4.69) is 13.1 Å². The summed E-state index contributed by atoms with van der Waals surface area (Å²) in [5.41, 5.74) is -0.278. The number of phosphoric ester groups is 1. The Labute approximate surface area is 171 Å². The van der Waals surface area contributed by atoms with E-state index in [1.54, 1.807) is 0 Å². The van der Waals surface area contributed by atoms with Crippen molar-refractivity contribution in [3.8, 4) is 0 Å². The van der Waals surface area contributed by atoms with E-state index in [4.69, 9.17) is 19.4 Å². The summed E-state index contributed by atoms with van der Waals surface area (Å²) in [6, 6.07) is 0. The van der Waals surface area contributed by atoms with E-state index in [1.165, 1.54) is 6.26 Å². The zero-order valence-electron chi connectivity index (χ0n) is 14.6. The minimum absolute atomic E-state index is 0.0789. The lowest BCUT2D eigenvalue weighted by Gasteiger charge is -2.19. The number of ether oxygens (including phenoxy) is 1. The summed E-state index contributed by atoms with van der Waals surface area (Å²) >= 11 is 0.874. The van der Waals surface area contributed by atoms with Gasteiger partial charge in [-0.05, 0) is 6.26 Å². The molecule has 0 aromatic heterocycles. The minimum Gasteiger partial charge on any atom is -0.387 e. The smallest absolute Gasteiger partial charge is 0.387 e. The van der Waals surface area contributed by atoms with Crippen molar-refractivity contribution < 1.29 is 71.0 Å². The average molecular weight is 515 g/mol. The number of nitrogens with one attached hydrogen (secondary N) is 1. The molecule has 6 atom stereocenters. The molecule has 30 heavy (non-hydrogen) atoms. The normalized spacial score (nSPS) is 31.6. The molecule has 0 radical (unpaired) electrons. The van der Waals surface area contributed by atoms with Gasteiger partial charge in [0.2, 0.25) is 0 Å². The predicted molar refractivity (Wildman–Crippen MR) is 94.2 cm³/mol. The second-order valence-electron chi connectivity index (χ2n) is 5.69. The molecule has 2 heterocycles. The average Bonchev–Trinajstić information content (AvgIpc) is 2.98. The number of hydrogen-bond acceptors (Lipinski definition) is 12. The van der Waals surface area contributed by atoms with Crippen LogP contribution in [0.3, 0.4) is 0 Å². The van der Waals surface area contributed by atoms with E-state index in [9.17, 15) is 38.4 Å². The van der Waals surface area contributed by atoms with E-state index in [1.807, 2.05) is 5.32 Å².